The summed E-state index contributed by atoms with van der Waals surface area (Å²) >= 11 is 0. The number of rotatable bonds is 2. The highest BCUT2D eigenvalue weighted by Crippen LogP contribution is 2.19. The van der Waals surface area contributed by atoms with Gasteiger partial charge in [0.15, 0.2) is 0 Å². The van der Waals surface area contributed by atoms with Gasteiger partial charge in [-0.1, -0.05) is 24.3 Å². The largest absolute Gasteiger partial charge is 0.343 e. The van der Waals surface area contributed by atoms with Crippen molar-refractivity contribution in [1.82, 2.24) is 4.57 Å². The average molecular weight is 239 g/mol. The summed E-state index contributed by atoms with van der Waals surface area (Å²) in [6.07, 6.45) is 2.01. The number of benzene rings is 2. The van der Waals surface area contributed by atoms with E-state index in [1.807, 2.05) is 30.5 Å². The molecule has 0 bridgehead atoms. The first-order valence-electron chi connectivity index (χ1n) is 6.03. The van der Waals surface area contributed by atoms with E-state index in [1.165, 1.54) is 17.2 Å². The van der Waals surface area contributed by atoms with E-state index in [-0.39, 0.29) is 5.82 Å². The monoisotopic (exact) mass is 239 g/mol. The van der Waals surface area contributed by atoms with E-state index >= 15 is 0 Å². The second kappa shape index (κ2) is 4.30. The number of hydrogen-bond donors (Lipinski definition) is 0. The molecule has 3 rings (SSSR count). The smallest absolute Gasteiger partial charge is 0.123 e. The number of aromatic nitrogens is 1. The molecule has 1 aromatic heterocycles. The molecule has 0 saturated carbocycles. The highest BCUT2D eigenvalue weighted by atomic mass is 19.1. The minimum Gasteiger partial charge on any atom is -0.343 e. The quantitative estimate of drug-likeness (QED) is 0.633. The zero-order valence-electron chi connectivity index (χ0n) is 10.2. The van der Waals surface area contributed by atoms with Crippen LogP contribution in [0.4, 0.5) is 4.39 Å². The molecule has 2 aromatic carbocycles. The maximum atomic E-state index is 13.1. The Balaban J connectivity index is 2.03. The van der Waals surface area contributed by atoms with E-state index in [4.69, 9.17) is 0 Å². The first kappa shape index (κ1) is 11.0. The van der Waals surface area contributed by atoms with Gasteiger partial charge in [0.05, 0.1) is 0 Å². The topological polar surface area (TPSA) is 4.93 Å². The highest BCUT2D eigenvalue weighted by molar-refractivity contribution is 5.80. The maximum Gasteiger partial charge on any atom is 0.123 e. The van der Waals surface area contributed by atoms with Crippen molar-refractivity contribution in [1.29, 1.82) is 0 Å². The summed E-state index contributed by atoms with van der Waals surface area (Å²) in [5.74, 6) is -0.184. The van der Waals surface area contributed by atoms with Crippen LogP contribution in [0.3, 0.4) is 0 Å². The van der Waals surface area contributed by atoms with Crippen LogP contribution >= 0.6 is 0 Å². The van der Waals surface area contributed by atoms with Crippen LogP contribution in [0.5, 0.6) is 0 Å². The summed E-state index contributed by atoms with van der Waals surface area (Å²) in [5.41, 5.74) is 3.64. The van der Waals surface area contributed by atoms with Crippen molar-refractivity contribution in [3.05, 3.63) is 71.7 Å². The molecule has 0 N–H and O–H groups in total. The van der Waals surface area contributed by atoms with Crippen molar-refractivity contribution in [2.45, 2.75) is 13.5 Å². The van der Waals surface area contributed by atoms with E-state index in [1.54, 1.807) is 6.07 Å². The summed E-state index contributed by atoms with van der Waals surface area (Å²) < 4.78 is 15.3. The molecule has 0 aliphatic rings. The van der Waals surface area contributed by atoms with Crippen LogP contribution in [-0.2, 0) is 6.54 Å². The molecule has 1 heterocycles. The predicted octanol–water partition coefficient (Wildman–Crippen LogP) is 4.14. The van der Waals surface area contributed by atoms with Crippen LogP contribution in [0, 0.1) is 12.7 Å². The van der Waals surface area contributed by atoms with Crippen molar-refractivity contribution >= 4 is 10.9 Å². The minimum atomic E-state index is -0.184. The highest BCUT2D eigenvalue weighted by Gasteiger charge is 2.04. The number of halogens is 1. The van der Waals surface area contributed by atoms with Crippen molar-refractivity contribution in [2.24, 2.45) is 0 Å². The molecule has 0 atom stereocenters. The third-order valence-electron chi connectivity index (χ3n) is 3.33. The molecule has 0 saturated heterocycles. The molecular weight excluding hydrogens is 225 g/mol. The zero-order chi connectivity index (χ0) is 12.5. The molecule has 3 aromatic rings. The molecule has 0 aliphatic carbocycles. The lowest BCUT2D eigenvalue weighted by Crippen LogP contribution is -1.99. The van der Waals surface area contributed by atoms with Gasteiger partial charge in [0.1, 0.15) is 5.82 Å². The number of nitrogens with zero attached hydrogens (tertiary/aromatic N) is 1. The van der Waals surface area contributed by atoms with Gasteiger partial charge in [0.25, 0.3) is 0 Å². The SMILES string of the molecule is Cc1ccccc1Cn1ccc2cc(F)ccc21. The van der Waals surface area contributed by atoms with Gasteiger partial charge in [0.2, 0.25) is 0 Å². The van der Waals surface area contributed by atoms with Crippen molar-refractivity contribution < 1.29 is 4.39 Å². The Morgan fingerprint density at radius 2 is 1.89 bits per heavy atom. The molecule has 0 fully saturated rings. The zero-order valence-corrected chi connectivity index (χ0v) is 10.2. The van der Waals surface area contributed by atoms with Crippen molar-refractivity contribution in [2.75, 3.05) is 0 Å². The Morgan fingerprint density at radius 3 is 2.72 bits per heavy atom. The summed E-state index contributed by atoms with van der Waals surface area (Å²) in [6.45, 7) is 2.93. The second-order valence-electron chi connectivity index (χ2n) is 4.57. The van der Waals surface area contributed by atoms with Crippen LogP contribution in [0.1, 0.15) is 11.1 Å². The van der Waals surface area contributed by atoms with Crippen LogP contribution in [0.2, 0.25) is 0 Å². The molecule has 0 aliphatic heterocycles. The second-order valence-corrected chi connectivity index (χ2v) is 4.57. The average Bonchev–Trinajstić information content (AvgIpc) is 2.74. The standard InChI is InChI=1S/C16H14FN/c1-12-4-2-3-5-14(12)11-18-9-8-13-10-15(17)6-7-16(13)18/h2-10H,11H2,1H3. The summed E-state index contributed by atoms with van der Waals surface area (Å²) in [5, 5.41) is 0.948. The van der Waals surface area contributed by atoms with Crippen LogP contribution < -0.4 is 0 Å². The lowest BCUT2D eigenvalue weighted by atomic mass is 10.1. The number of fused-ring (bicyclic) bond motifs is 1. The Labute approximate surface area is 105 Å². The van der Waals surface area contributed by atoms with E-state index in [9.17, 15) is 4.39 Å². The first-order valence-corrected chi connectivity index (χ1v) is 6.03. The number of aryl methyl sites for hydroxylation is 1. The van der Waals surface area contributed by atoms with Crippen LogP contribution in [-0.4, -0.2) is 4.57 Å². The molecule has 0 unspecified atom stereocenters. The Bertz CT molecular complexity index is 697. The van der Waals surface area contributed by atoms with E-state index < -0.39 is 0 Å². The van der Waals surface area contributed by atoms with Gasteiger partial charge in [0, 0.05) is 23.6 Å². The Hall–Kier alpha value is -2.09. The number of hydrogen-bond acceptors (Lipinski definition) is 0. The van der Waals surface area contributed by atoms with Gasteiger partial charge in [-0.15, -0.1) is 0 Å². The van der Waals surface area contributed by atoms with Crippen LogP contribution in [0.25, 0.3) is 10.9 Å². The van der Waals surface area contributed by atoms with Gasteiger partial charge in [-0.3, -0.25) is 0 Å². The van der Waals surface area contributed by atoms with Gasteiger partial charge in [-0.25, -0.2) is 4.39 Å². The van der Waals surface area contributed by atoms with E-state index in [0.29, 0.717) is 0 Å². The summed E-state index contributed by atoms with van der Waals surface area (Å²) in [4.78, 5) is 0. The molecule has 0 amide bonds. The molecule has 0 spiro atoms. The normalized spacial score (nSPS) is 11.0. The molecule has 90 valence electrons. The van der Waals surface area contributed by atoms with Gasteiger partial charge in [-0.2, -0.15) is 0 Å². The molecule has 1 nitrogen and oxygen atoms in total. The third-order valence-corrected chi connectivity index (χ3v) is 3.33. The summed E-state index contributed by atoms with van der Waals surface area (Å²) in [7, 11) is 0. The molecule has 0 radical (unpaired) electrons. The maximum absolute atomic E-state index is 13.1. The van der Waals surface area contributed by atoms with Crippen molar-refractivity contribution in [3.8, 4) is 0 Å². The van der Waals surface area contributed by atoms with Crippen molar-refractivity contribution in [3.63, 3.8) is 0 Å². The van der Waals surface area contributed by atoms with Gasteiger partial charge >= 0.3 is 0 Å². The minimum absolute atomic E-state index is 0.184. The molecule has 18 heavy (non-hydrogen) atoms. The summed E-state index contributed by atoms with van der Waals surface area (Å²) in [6, 6.07) is 15.2. The van der Waals surface area contributed by atoms with E-state index in [2.05, 4.69) is 23.6 Å². The molecule has 2 heteroatoms. The fourth-order valence-corrected chi connectivity index (χ4v) is 2.28. The lowest BCUT2D eigenvalue weighted by Gasteiger charge is -2.08. The fraction of sp³-hybridized carbons (Fsp3) is 0.125. The van der Waals surface area contributed by atoms with Gasteiger partial charge in [-0.05, 0) is 42.3 Å². The Kier molecular flexibility index (Phi) is 2.63. The fourth-order valence-electron chi connectivity index (χ4n) is 2.28. The predicted molar refractivity (Wildman–Crippen MR) is 72.2 cm³/mol. The lowest BCUT2D eigenvalue weighted by molar-refractivity contribution is 0.629. The third kappa shape index (κ3) is 1.90. The Morgan fingerprint density at radius 1 is 1.06 bits per heavy atom. The van der Waals surface area contributed by atoms with Crippen LogP contribution in [0.15, 0.2) is 54.7 Å². The first-order chi connectivity index (χ1) is 8.74. The van der Waals surface area contributed by atoms with E-state index in [0.717, 1.165) is 17.4 Å². The molecular formula is C16H14FN. The van der Waals surface area contributed by atoms with Gasteiger partial charge < -0.3 is 4.57 Å².